The van der Waals surface area contributed by atoms with Gasteiger partial charge in [0.25, 0.3) is 0 Å². The van der Waals surface area contributed by atoms with Gasteiger partial charge in [-0.15, -0.1) is 0 Å². The van der Waals surface area contributed by atoms with Gasteiger partial charge in [-0.2, -0.15) is 13.2 Å². The van der Waals surface area contributed by atoms with Crippen molar-refractivity contribution in [3.63, 3.8) is 0 Å². The Balaban J connectivity index is 1.69. The van der Waals surface area contributed by atoms with Gasteiger partial charge in [0.2, 0.25) is 5.91 Å². The molecule has 4 nitrogen and oxygen atoms in total. The highest BCUT2D eigenvalue weighted by molar-refractivity contribution is 5.91. The molecule has 1 amide bonds. The summed E-state index contributed by atoms with van der Waals surface area (Å²) in [6, 6.07) is 2.45. The van der Waals surface area contributed by atoms with E-state index in [0.29, 0.717) is 17.9 Å². The van der Waals surface area contributed by atoms with Gasteiger partial charge < -0.3 is 9.72 Å². The average Bonchev–Trinajstić information content (AvgIpc) is 3.24. The van der Waals surface area contributed by atoms with Gasteiger partial charge in [-0.1, -0.05) is 39.0 Å². The van der Waals surface area contributed by atoms with Crippen molar-refractivity contribution in [2.75, 3.05) is 5.32 Å². The molecule has 0 bridgehead atoms. The molecular weight excluding hydrogens is 379 g/mol. The van der Waals surface area contributed by atoms with E-state index in [1.807, 2.05) is 0 Å². The first-order chi connectivity index (χ1) is 13.8. The second-order valence-corrected chi connectivity index (χ2v) is 9.07. The average molecular weight is 407 g/mol. The fourth-order valence-electron chi connectivity index (χ4n) is 5.06. The minimum atomic E-state index is -4.41. The predicted octanol–water partition coefficient (Wildman–Crippen LogP) is 6.31. The zero-order valence-electron chi connectivity index (χ0n) is 16.8. The lowest BCUT2D eigenvalue weighted by molar-refractivity contribution is -0.137. The van der Waals surface area contributed by atoms with Crippen LogP contribution in [0.15, 0.2) is 18.3 Å². The third-order valence-corrected chi connectivity index (χ3v) is 6.63. The molecule has 2 aromatic rings. The van der Waals surface area contributed by atoms with E-state index in [0.717, 1.165) is 75.7 Å². The molecule has 2 aliphatic carbocycles. The summed E-state index contributed by atoms with van der Waals surface area (Å²) < 4.78 is 41.4. The number of hydrogen-bond acceptors (Lipinski definition) is 2. The van der Waals surface area contributed by atoms with Gasteiger partial charge in [0.1, 0.15) is 5.65 Å². The maximum atomic E-state index is 13.3. The summed E-state index contributed by atoms with van der Waals surface area (Å²) in [6.45, 7) is 2.14. The van der Waals surface area contributed by atoms with Gasteiger partial charge in [-0.05, 0) is 43.2 Å². The third kappa shape index (κ3) is 4.28. The smallest absolute Gasteiger partial charge is 0.309 e. The van der Waals surface area contributed by atoms with Gasteiger partial charge in [-0.25, -0.2) is 4.98 Å². The molecule has 0 atom stereocenters. The Morgan fingerprint density at radius 1 is 1.17 bits per heavy atom. The van der Waals surface area contributed by atoms with Gasteiger partial charge in [0.05, 0.1) is 11.3 Å². The molecule has 29 heavy (non-hydrogen) atoms. The molecule has 0 spiro atoms. The van der Waals surface area contributed by atoms with E-state index < -0.39 is 11.7 Å². The molecule has 7 heteroatoms. The molecule has 0 unspecified atom stereocenters. The predicted molar refractivity (Wildman–Crippen MR) is 106 cm³/mol. The van der Waals surface area contributed by atoms with E-state index in [1.165, 1.54) is 6.07 Å². The van der Waals surface area contributed by atoms with Crippen molar-refractivity contribution in [1.82, 2.24) is 9.38 Å². The third-order valence-electron chi connectivity index (χ3n) is 6.63. The van der Waals surface area contributed by atoms with Crippen molar-refractivity contribution in [3.05, 3.63) is 29.6 Å². The Morgan fingerprint density at radius 3 is 2.52 bits per heavy atom. The number of imidazole rings is 1. The standard InChI is InChI=1S/C22H28F3N3O/c1-21(11-5-6-12-21)13-18(29)27-20-19(15-7-3-2-4-8-15)28-14-16(22(23,24)25)9-10-17(28)26-20/h9-10,14-15H,2-8,11-13H2,1H3,(H,27,29). The Hall–Kier alpha value is -2.05. The number of hydrogen-bond donors (Lipinski definition) is 1. The number of aromatic nitrogens is 2. The van der Waals surface area contributed by atoms with E-state index >= 15 is 0 Å². The zero-order valence-corrected chi connectivity index (χ0v) is 16.8. The van der Waals surface area contributed by atoms with Gasteiger partial charge in [0.15, 0.2) is 5.82 Å². The molecule has 0 radical (unpaired) electrons. The van der Waals surface area contributed by atoms with Crippen LogP contribution in [0.25, 0.3) is 5.65 Å². The Bertz CT molecular complexity index is 891. The number of rotatable bonds is 4. The molecule has 4 rings (SSSR count). The van der Waals surface area contributed by atoms with Crippen LogP contribution in [0.1, 0.15) is 88.3 Å². The maximum absolute atomic E-state index is 13.3. The van der Waals surface area contributed by atoms with Crippen LogP contribution in [-0.2, 0) is 11.0 Å². The summed E-state index contributed by atoms with van der Waals surface area (Å²) in [5.41, 5.74) is 0.477. The number of carbonyl (C=O) groups excluding carboxylic acids is 1. The summed E-state index contributed by atoms with van der Waals surface area (Å²) in [5, 5.41) is 2.96. The molecule has 2 saturated carbocycles. The van der Waals surface area contributed by atoms with E-state index in [9.17, 15) is 18.0 Å². The summed E-state index contributed by atoms with van der Waals surface area (Å²) >= 11 is 0. The molecule has 0 aromatic carbocycles. The van der Waals surface area contributed by atoms with Crippen LogP contribution in [-0.4, -0.2) is 15.3 Å². The lowest BCUT2D eigenvalue weighted by atomic mass is 9.84. The zero-order chi connectivity index (χ0) is 20.6. The first-order valence-corrected chi connectivity index (χ1v) is 10.6. The van der Waals surface area contributed by atoms with Crippen molar-refractivity contribution in [2.24, 2.45) is 5.41 Å². The van der Waals surface area contributed by atoms with Crippen molar-refractivity contribution >= 4 is 17.4 Å². The Kier molecular flexibility index (Phi) is 5.34. The Labute approximate surface area is 168 Å². The molecule has 158 valence electrons. The summed E-state index contributed by atoms with van der Waals surface area (Å²) in [7, 11) is 0. The number of carbonyl (C=O) groups is 1. The van der Waals surface area contributed by atoms with Gasteiger partial charge in [-0.3, -0.25) is 4.79 Å². The highest BCUT2D eigenvalue weighted by atomic mass is 19.4. The SMILES string of the molecule is CC1(CC(=O)Nc2nc3ccc(C(F)(F)F)cn3c2C2CCCCC2)CCCC1. The fourth-order valence-corrected chi connectivity index (χ4v) is 5.06. The number of anilines is 1. The van der Waals surface area contributed by atoms with Crippen LogP contribution in [0.2, 0.25) is 0 Å². The second kappa shape index (κ2) is 7.65. The lowest BCUT2D eigenvalue weighted by Crippen LogP contribution is -2.23. The first-order valence-electron chi connectivity index (χ1n) is 10.6. The molecule has 2 fully saturated rings. The van der Waals surface area contributed by atoms with E-state index in [2.05, 4.69) is 17.2 Å². The van der Waals surface area contributed by atoms with E-state index in [1.54, 1.807) is 4.40 Å². The maximum Gasteiger partial charge on any atom is 0.417 e. The van der Waals surface area contributed by atoms with Gasteiger partial charge >= 0.3 is 6.18 Å². The number of amides is 1. The molecule has 2 aromatic heterocycles. The van der Waals surface area contributed by atoms with Crippen LogP contribution < -0.4 is 5.32 Å². The summed E-state index contributed by atoms with van der Waals surface area (Å²) in [6.07, 6.45) is 6.55. The highest BCUT2D eigenvalue weighted by Crippen LogP contribution is 2.42. The van der Waals surface area contributed by atoms with Crippen molar-refractivity contribution in [3.8, 4) is 0 Å². The lowest BCUT2D eigenvalue weighted by Gasteiger charge is -2.24. The number of fused-ring (bicyclic) bond motifs is 1. The van der Waals surface area contributed by atoms with E-state index in [4.69, 9.17) is 0 Å². The number of pyridine rings is 1. The van der Waals surface area contributed by atoms with Crippen LogP contribution >= 0.6 is 0 Å². The summed E-state index contributed by atoms with van der Waals surface area (Å²) in [5.74, 6) is 0.452. The molecule has 2 heterocycles. The first kappa shape index (κ1) is 20.2. The second-order valence-electron chi connectivity index (χ2n) is 9.07. The van der Waals surface area contributed by atoms with Crippen LogP contribution in [0.5, 0.6) is 0 Å². The van der Waals surface area contributed by atoms with Crippen molar-refractivity contribution < 1.29 is 18.0 Å². The topological polar surface area (TPSA) is 46.4 Å². The van der Waals surface area contributed by atoms with Crippen LogP contribution in [0.3, 0.4) is 0 Å². The quantitative estimate of drug-likeness (QED) is 0.646. The van der Waals surface area contributed by atoms with Gasteiger partial charge in [0, 0.05) is 18.5 Å². The Morgan fingerprint density at radius 2 is 1.86 bits per heavy atom. The van der Waals surface area contributed by atoms with E-state index in [-0.39, 0.29) is 17.2 Å². The van der Waals surface area contributed by atoms with Crippen molar-refractivity contribution in [1.29, 1.82) is 0 Å². The van der Waals surface area contributed by atoms with Crippen LogP contribution in [0, 0.1) is 5.41 Å². The number of nitrogens with one attached hydrogen (secondary N) is 1. The highest BCUT2D eigenvalue weighted by Gasteiger charge is 2.34. The van der Waals surface area contributed by atoms with Crippen molar-refractivity contribution in [2.45, 2.75) is 83.2 Å². The number of alkyl halides is 3. The molecule has 0 aliphatic heterocycles. The monoisotopic (exact) mass is 407 g/mol. The minimum Gasteiger partial charge on any atom is -0.309 e. The van der Waals surface area contributed by atoms with Crippen LogP contribution in [0.4, 0.5) is 19.0 Å². The fraction of sp³-hybridized carbons (Fsp3) is 0.636. The number of nitrogens with zero attached hydrogens (tertiary/aromatic N) is 2. The molecule has 1 N–H and O–H groups in total. The normalized spacial score (nSPS) is 20.3. The molecule has 2 aliphatic rings. The minimum absolute atomic E-state index is 0.0116. The number of halogens is 3. The largest absolute Gasteiger partial charge is 0.417 e. The summed E-state index contributed by atoms with van der Waals surface area (Å²) in [4.78, 5) is 17.3. The molecule has 0 saturated heterocycles. The molecular formula is C22H28F3N3O.